The topological polar surface area (TPSA) is 49.0 Å². The van der Waals surface area contributed by atoms with Crippen molar-refractivity contribution < 1.29 is 18.9 Å². The highest BCUT2D eigenvalue weighted by molar-refractivity contribution is 5.85. The Balaban J connectivity index is 0.00000196. The highest BCUT2D eigenvalue weighted by Crippen LogP contribution is 2.32. The quantitative estimate of drug-likeness (QED) is 0.797. The Morgan fingerprint density at radius 2 is 1.81 bits per heavy atom. The highest BCUT2D eigenvalue weighted by atomic mass is 35.5. The molecule has 5 nitrogen and oxygen atoms in total. The van der Waals surface area contributed by atoms with Crippen LogP contribution in [0.2, 0.25) is 0 Å². The second-order valence-corrected chi connectivity index (χ2v) is 6.39. The average molecular weight is 378 g/mol. The van der Waals surface area contributed by atoms with Crippen LogP contribution in [-0.4, -0.2) is 26.0 Å². The fourth-order valence-electron chi connectivity index (χ4n) is 3.08. The Bertz CT molecular complexity index is 701. The van der Waals surface area contributed by atoms with E-state index in [0.717, 1.165) is 42.5 Å². The molecule has 2 aromatic rings. The molecular formula is C20H24ClNO4. The molecule has 0 saturated carbocycles. The van der Waals surface area contributed by atoms with Gasteiger partial charge in [-0.1, -0.05) is 18.2 Å². The molecule has 0 bridgehead atoms. The van der Waals surface area contributed by atoms with Crippen molar-refractivity contribution in [2.75, 3.05) is 19.9 Å². The van der Waals surface area contributed by atoms with Crippen molar-refractivity contribution in [1.29, 1.82) is 0 Å². The normalized spacial score (nSPS) is 17.8. The number of hydrogen-bond acceptors (Lipinski definition) is 5. The van der Waals surface area contributed by atoms with E-state index in [4.69, 9.17) is 18.9 Å². The second-order valence-electron chi connectivity index (χ2n) is 6.39. The second kappa shape index (κ2) is 9.12. The number of ether oxygens (including phenoxy) is 4. The lowest BCUT2D eigenvalue weighted by Crippen LogP contribution is -2.25. The van der Waals surface area contributed by atoms with Gasteiger partial charge in [0.2, 0.25) is 6.79 Å². The summed E-state index contributed by atoms with van der Waals surface area (Å²) in [5.41, 5.74) is 2.31. The van der Waals surface area contributed by atoms with E-state index < -0.39 is 0 Å². The molecule has 26 heavy (non-hydrogen) atoms. The van der Waals surface area contributed by atoms with E-state index >= 15 is 0 Å². The monoisotopic (exact) mass is 377 g/mol. The van der Waals surface area contributed by atoms with Crippen LogP contribution >= 0.6 is 12.4 Å². The van der Waals surface area contributed by atoms with Gasteiger partial charge >= 0.3 is 0 Å². The number of halogens is 1. The first-order chi connectivity index (χ1) is 12.4. The van der Waals surface area contributed by atoms with Gasteiger partial charge in [0.15, 0.2) is 11.5 Å². The molecular weight excluding hydrogens is 354 g/mol. The number of fused-ring (bicyclic) bond motifs is 1. The van der Waals surface area contributed by atoms with Crippen LogP contribution in [0, 0.1) is 0 Å². The van der Waals surface area contributed by atoms with Crippen LogP contribution in [0.25, 0.3) is 0 Å². The first-order valence-electron chi connectivity index (χ1n) is 8.79. The van der Waals surface area contributed by atoms with Crippen molar-refractivity contribution in [2.24, 2.45) is 0 Å². The molecule has 1 atom stereocenters. The Labute approximate surface area is 160 Å². The molecule has 0 aromatic heterocycles. The largest absolute Gasteiger partial charge is 0.489 e. The molecule has 1 fully saturated rings. The molecule has 1 saturated heterocycles. The van der Waals surface area contributed by atoms with Gasteiger partial charge in [0.1, 0.15) is 12.4 Å². The molecule has 6 heteroatoms. The standard InChI is InChI=1S/C20H23NO4.ClH/c1-2-18(22-9-1)12-21-11-15-3-6-17(7-4-15)23-13-16-5-8-19-20(10-16)25-14-24-19;/h3-8,10,18,21H,1-2,9,11-14H2;1H. The van der Waals surface area contributed by atoms with Gasteiger partial charge in [-0.05, 0) is 48.2 Å². The minimum Gasteiger partial charge on any atom is -0.489 e. The number of hydrogen-bond donors (Lipinski definition) is 1. The van der Waals surface area contributed by atoms with Crippen LogP contribution in [0.1, 0.15) is 24.0 Å². The first-order valence-corrected chi connectivity index (χ1v) is 8.79. The first kappa shape index (κ1) is 18.8. The zero-order valence-electron chi connectivity index (χ0n) is 14.6. The van der Waals surface area contributed by atoms with Gasteiger partial charge in [0, 0.05) is 19.7 Å². The van der Waals surface area contributed by atoms with Gasteiger partial charge in [-0.25, -0.2) is 0 Å². The minimum atomic E-state index is 0. The molecule has 140 valence electrons. The van der Waals surface area contributed by atoms with Gasteiger partial charge < -0.3 is 24.3 Å². The maximum absolute atomic E-state index is 5.86. The van der Waals surface area contributed by atoms with E-state index in [9.17, 15) is 0 Å². The third kappa shape index (κ3) is 4.81. The van der Waals surface area contributed by atoms with Crippen LogP contribution < -0.4 is 19.5 Å². The van der Waals surface area contributed by atoms with Crippen molar-refractivity contribution in [2.45, 2.75) is 32.1 Å². The molecule has 0 aliphatic carbocycles. The summed E-state index contributed by atoms with van der Waals surface area (Å²) in [6.07, 6.45) is 2.73. The van der Waals surface area contributed by atoms with Crippen LogP contribution in [-0.2, 0) is 17.9 Å². The summed E-state index contributed by atoms with van der Waals surface area (Å²) in [6.45, 7) is 3.47. The molecule has 0 amide bonds. The van der Waals surface area contributed by atoms with Crippen molar-refractivity contribution in [3.05, 3.63) is 53.6 Å². The van der Waals surface area contributed by atoms with E-state index in [0.29, 0.717) is 19.5 Å². The maximum atomic E-state index is 5.86. The van der Waals surface area contributed by atoms with Crippen LogP contribution in [0.5, 0.6) is 17.2 Å². The van der Waals surface area contributed by atoms with Gasteiger partial charge in [-0.2, -0.15) is 0 Å². The van der Waals surface area contributed by atoms with Gasteiger partial charge in [0.05, 0.1) is 6.10 Å². The molecule has 1 N–H and O–H groups in total. The Kier molecular flexibility index (Phi) is 6.61. The van der Waals surface area contributed by atoms with Gasteiger partial charge in [-0.3, -0.25) is 0 Å². The summed E-state index contributed by atoms with van der Waals surface area (Å²) < 4.78 is 22.2. The lowest BCUT2D eigenvalue weighted by molar-refractivity contribution is 0.110. The lowest BCUT2D eigenvalue weighted by Gasteiger charge is -2.11. The van der Waals surface area contributed by atoms with E-state index in [-0.39, 0.29) is 12.4 Å². The van der Waals surface area contributed by atoms with E-state index in [1.165, 1.54) is 18.4 Å². The summed E-state index contributed by atoms with van der Waals surface area (Å²) in [5.74, 6) is 2.44. The fraction of sp³-hybridized carbons (Fsp3) is 0.400. The summed E-state index contributed by atoms with van der Waals surface area (Å²) in [5, 5.41) is 3.45. The molecule has 0 radical (unpaired) electrons. The van der Waals surface area contributed by atoms with Crippen LogP contribution in [0.3, 0.4) is 0 Å². The van der Waals surface area contributed by atoms with Crippen molar-refractivity contribution in [3.63, 3.8) is 0 Å². The Morgan fingerprint density at radius 1 is 1.00 bits per heavy atom. The summed E-state index contributed by atoms with van der Waals surface area (Å²) in [7, 11) is 0. The average Bonchev–Trinajstić information content (AvgIpc) is 3.32. The van der Waals surface area contributed by atoms with E-state index in [2.05, 4.69) is 17.4 Å². The number of benzene rings is 2. The predicted octanol–water partition coefficient (Wildman–Crippen LogP) is 3.68. The zero-order valence-corrected chi connectivity index (χ0v) is 15.4. The predicted molar refractivity (Wildman–Crippen MR) is 101 cm³/mol. The minimum absolute atomic E-state index is 0. The maximum Gasteiger partial charge on any atom is 0.231 e. The third-order valence-electron chi connectivity index (χ3n) is 4.49. The third-order valence-corrected chi connectivity index (χ3v) is 4.49. The highest BCUT2D eigenvalue weighted by Gasteiger charge is 2.14. The van der Waals surface area contributed by atoms with Crippen molar-refractivity contribution >= 4 is 12.4 Å². The van der Waals surface area contributed by atoms with Crippen molar-refractivity contribution in [1.82, 2.24) is 5.32 Å². The molecule has 2 aromatic carbocycles. The number of nitrogens with one attached hydrogen (secondary N) is 1. The van der Waals surface area contributed by atoms with Crippen LogP contribution in [0.4, 0.5) is 0 Å². The molecule has 2 aliphatic rings. The van der Waals surface area contributed by atoms with Gasteiger partial charge in [-0.15, -0.1) is 12.4 Å². The summed E-state index contributed by atoms with van der Waals surface area (Å²) in [4.78, 5) is 0. The Hall–Kier alpha value is -1.95. The van der Waals surface area contributed by atoms with Crippen molar-refractivity contribution in [3.8, 4) is 17.2 Å². The smallest absolute Gasteiger partial charge is 0.231 e. The SMILES string of the molecule is Cl.c1cc(OCc2ccc3c(c2)OCO3)ccc1CNCC1CCCO1. The summed E-state index contributed by atoms with van der Waals surface area (Å²) in [6, 6.07) is 14.1. The van der Waals surface area contributed by atoms with Crippen LogP contribution in [0.15, 0.2) is 42.5 Å². The summed E-state index contributed by atoms with van der Waals surface area (Å²) >= 11 is 0. The molecule has 2 aliphatic heterocycles. The molecule has 0 spiro atoms. The fourth-order valence-corrected chi connectivity index (χ4v) is 3.08. The van der Waals surface area contributed by atoms with E-state index in [1.54, 1.807) is 0 Å². The van der Waals surface area contributed by atoms with E-state index in [1.807, 2.05) is 30.3 Å². The lowest BCUT2D eigenvalue weighted by atomic mass is 10.2. The molecule has 1 unspecified atom stereocenters. The zero-order chi connectivity index (χ0) is 16.9. The molecule has 4 rings (SSSR count). The van der Waals surface area contributed by atoms with Gasteiger partial charge in [0.25, 0.3) is 0 Å². The number of rotatable bonds is 7. The Morgan fingerprint density at radius 3 is 2.62 bits per heavy atom. The molecule has 2 heterocycles.